The quantitative estimate of drug-likeness (QED) is 0.690. The number of likely N-dealkylation sites (N-methyl/N-ethyl adjacent to an activating group) is 1. The monoisotopic (exact) mass is 200 g/mol. The lowest BCUT2D eigenvalue weighted by Gasteiger charge is -2.25. The van der Waals surface area contributed by atoms with Crippen LogP contribution in [0.5, 0.6) is 0 Å². The van der Waals surface area contributed by atoms with Gasteiger partial charge in [-0.1, -0.05) is 6.92 Å². The molecule has 0 amide bonds. The van der Waals surface area contributed by atoms with E-state index in [9.17, 15) is 5.11 Å². The molecule has 84 valence electrons. The lowest BCUT2D eigenvalue weighted by atomic mass is 10.1. The highest BCUT2D eigenvalue weighted by Crippen LogP contribution is 2.15. The number of nitrogens with one attached hydrogen (secondary N) is 1. The highest BCUT2D eigenvalue weighted by molar-refractivity contribution is 4.81. The summed E-state index contributed by atoms with van der Waals surface area (Å²) >= 11 is 0. The Balaban J connectivity index is 2.18. The molecule has 1 atom stereocenters. The largest absolute Gasteiger partial charge is 0.389 e. The number of hydrogen-bond acceptors (Lipinski definition) is 3. The molecule has 0 aromatic heterocycles. The molecule has 0 saturated carbocycles. The van der Waals surface area contributed by atoms with Crippen molar-refractivity contribution in [3.63, 3.8) is 0 Å². The molecule has 0 radical (unpaired) electrons. The second kappa shape index (κ2) is 5.10. The van der Waals surface area contributed by atoms with Crippen LogP contribution in [0.15, 0.2) is 0 Å². The second-order valence-electron chi connectivity index (χ2n) is 4.87. The van der Waals surface area contributed by atoms with Gasteiger partial charge in [0.25, 0.3) is 0 Å². The fourth-order valence-electron chi connectivity index (χ4n) is 2.09. The lowest BCUT2D eigenvalue weighted by Crippen LogP contribution is -2.42. The maximum absolute atomic E-state index is 9.54. The maximum atomic E-state index is 9.54. The Hall–Kier alpha value is -0.120. The average Bonchev–Trinajstić information content (AvgIpc) is 2.49. The summed E-state index contributed by atoms with van der Waals surface area (Å²) in [5.41, 5.74) is -0.588. The molecule has 1 aliphatic rings. The van der Waals surface area contributed by atoms with Crippen LogP contribution in [0.3, 0.4) is 0 Å². The van der Waals surface area contributed by atoms with Gasteiger partial charge in [0.15, 0.2) is 0 Å². The van der Waals surface area contributed by atoms with Crippen LogP contribution in [0.4, 0.5) is 0 Å². The molecule has 0 spiro atoms. The van der Waals surface area contributed by atoms with E-state index in [-0.39, 0.29) is 0 Å². The summed E-state index contributed by atoms with van der Waals surface area (Å²) in [5, 5.41) is 12.9. The zero-order valence-corrected chi connectivity index (χ0v) is 9.71. The molecule has 0 aromatic rings. The summed E-state index contributed by atoms with van der Waals surface area (Å²) in [6.45, 7) is 9.98. The zero-order chi connectivity index (χ0) is 10.6. The Labute approximate surface area is 87.5 Å². The topological polar surface area (TPSA) is 35.5 Å². The standard InChI is InChI=1S/C11H24N2O/c1-4-13-7-5-6-10(13)8-12-9-11(2,3)14/h10,12,14H,4-9H2,1-3H3. The predicted molar refractivity (Wildman–Crippen MR) is 59.4 cm³/mol. The van der Waals surface area contributed by atoms with Gasteiger partial charge in [0.2, 0.25) is 0 Å². The summed E-state index contributed by atoms with van der Waals surface area (Å²) < 4.78 is 0. The van der Waals surface area contributed by atoms with Gasteiger partial charge in [-0.3, -0.25) is 4.90 Å². The summed E-state index contributed by atoms with van der Waals surface area (Å²) in [6, 6.07) is 0.683. The summed E-state index contributed by atoms with van der Waals surface area (Å²) in [4.78, 5) is 2.51. The molecule has 0 aromatic carbocycles. The molecule has 3 nitrogen and oxygen atoms in total. The van der Waals surface area contributed by atoms with Gasteiger partial charge in [-0.05, 0) is 39.8 Å². The minimum Gasteiger partial charge on any atom is -0.389 e. The Morgan fingerprint density at radius 1 is 1.50 bits per heavy atom. The predicted octanol–water partition coefficient (Wildman–Crippen LogP) is 0.831. The van der Waals surface area contributed by atoms with Gasteiger partial charge < -0.3 is 10.4 Å². The second-order valence-corrected chi connectivity index (χ2v) is 4.87. The van der Waals surface area contributed by atoms with Crippen molar-refractivity contribution in [2.24, 2.45) is 0 Å². The highest BCUT2D eigenvalue weighted by Gasteiger charge is 2.23. The van der Waals surface area contributed by atoms with Crippen molar-refractivity contribution in [1.82, 2.24) is 10.2 Å². The van der Waals surface area contributed by atoms with E-state index in [1.54, 1.807) is 0 Å². The molecule has 1 heterocycles. The third kappa shape index (κ3) is 3.95. The van der Waals surface area contributed by atoms with E-state index in [4.69, 9.17) is 0 Å². The Kier molecular flexibility index (Phi) is 4.35. The van der Waals surface area contributed by atoms with Crippen molar-refractivity contribution in [2.45, 2.75) is 45.3 Å². The number of likely N-dealkylation sites (tertiary alicyclic amines) is 1. The van der Waals surface area contributed by atoms with Gasteiger partial charge in [0, 0.05) is 19.1 Å². The van der Waals surface area contributed by atoms with Gasteiger partial charge in [-0.25, -0.2) is 0 Å². The average molecular weight is 200 g/mol. The summed E-state index contributed by atoms with van der Waals surface area (Å²) in [7, 11) is 0. The molecular formula is C11H24N2O. The first-order valence-electron chi connectivity index (χ1n) is 5.70. The van der Waals surface area contributed by atoms with Crippen molar-refractivity contribution >= 4 is 0 Å². The van der Waals surface area contributed by atoms with Crippen LogP contribution in [0.2, 0.25) is 0 Å². The van der Waals surface area contributed by atoms with Crippen LogP contribution in [0, 0.1) is 0 Å². The fraction of sp³-hybridized carbons (Fsp3) is 1.00. The zero-order valence-electron chi connectivity index (χ0n) is 9.71. The van der Waals surface area contributed by atoms with Gasteiger partial charge in [-0.2, -0.15) is 0 Å². The van der Waals surface area contributed by atoms with E-state index < -0.39 is 5.60 Å². The van der Waals surface area contributed by atoms with Crippen LogP contribution in [0.1, 0.15) is 33.6 Å². The van der Waals surface area contributed by atoms with Gasteiger partial charge >= 0.3 is 0 Å². The molecule has 1 saturated heterocycles. The van der Waals surface area contributed by atoms with Crippen LogP contribution in [-0.2, 0) is 0 Å². The molecule has 0 aliphatic carbocycles. The van der Waals surface area contributed by atoms with E-state index in [2.05, 4.69) is 17.1 Å². The Morgan fingerprint density at radius 2 is 2.21 bits per heavy atom. The van der Waals surface area contributed by atoms with Crippen molar-refractivity contribution in [1.29, 1.82) is 0 Å². The van der Waals surface area contributed by atoms with Crippen molar-refractivity contribution in [3.05, 3.63) is 0 Å². The van der Waals surface area contributed by atoms with E-state index in [0.29, 0.717) is 12.6 Å². The van der Waals surface area contributed by atoms with Gasteiger partial charge in [0.05, 0.1) is 5.60 Å². The Bertz CT molecular complexity index is 165. The van der Waals surface area contributed by atoms with Crippen LogP contribution >= 0.6 is 0 Å². The van der Waals surface area contributed by atoms with E-state index in [0.717, 1.165) is 13.1 Å². The summed E-state index contributed by atoms with van der Waals surface area (Å²) in [5.74, 6) is 0. The number of hydrogen-bond donors (Lipinski definition) is 2. The minimum absolute atomic E-state index is 0.588. The molecule has 1 unspecified atom stereocenters. The van der Waals surface area contributed by atoms with E-state index >= 15 is 0 Å². The van der Waals surface area contributed by atoms with Gasteiger partial charge in [0.1, 0.15) is 0 Å². The lowest BCUT2D eigenvalue weighted by molar-refractivity contribution is 0.0778. The fourth-order valence-corrected chi connectivity index (χ4v) is 2.09. The summed E-state index contributed by atoms with van der Waals surface area (Å²) in [6.07, 6.45) is 2.62. The highest BCUT2D eigenvalue weighted by atomic mass is 16.3. The number of aliphatic hydroxyl groups is 1. The van der Waals surface area contributed by atoms with Crippen LogP contribution in [0.25, 0.3) is 0 Å². The molecular weight excluding hydrogens is 176 g/mol. The third-order valence-electron chi connectivity index (χ3n) is 2.84. The van der Waals surface area contributed by atoms with E-state index in [1.807, 2.05) is 13.8 Å². The normalized spacial score (nSPS) is 24.4. The maximum Gasteiger partial charge on any atom is 0.0715 e. The molecule has 14 heavy (non-hydrogen) atoms. The minimum atomic E-state index is -0.588. The Morgan fingerprint density at radius 3 is 2.79 bits per heavy atom. The van der Waals surface area contributed by atoms with Crippen molar-refractivity contribution < 1.29 is 5.11 Å². The van der Waals surface area contributed by atoms with Crippen molar-refractivity contribution in [2.75, 3.05) is 26.2 Å². The first-order chi connectivity index (χ1) is 6.53. The van der Waals surface area contributed by atoms with Crippen LogP contribution < -0.4 is 5.32 Å². The molecule has 1 rings (SSSR count). The molecule has 3 heteroatoms. The number of rotatable bonds is 5. The van der Waals surface area contributed by atoms with Gasteiger partial charge in [-0.15, -0.1) is 0 Å². The van der Waals surface area contributed by atoms with E-state index in [1.165, 1.54) is 19.4 Å². The first kappa shape index (κ1) is 12.0. The van der Waals surface area contributed by atoms with Crippen LogP contribution in [-0.4, -0.2) is 47.8 Å². The third-order valence-corrected chi connectivity index (χ3v) is 2.84. The first-order valence-corrected chi connectivity index (χ1v) is 5.70. The molecule has 0 bridgehead atoms. The van der Waals surface area contributed by atoms with Crippen molar-refractivity contribution in [3.8, 4) is 0 Å². The number of nitrogens with zero attached hydrogens (tertiary/aromatic N) is 1. The smallest absolute Gasteiger partial charge is 0.0715 e. The molecule has 1 aliphatic heterocycles. The SMILES string of the molecule is CCN1CCCC1CNCC(C)(C)O. The molecule has 1 fully saturated rings. The molecule has 2 N–H and O–H groups in total.